The molecular weight excluding hydrogens is 200 g/mol. The summed E-state index contributed by atoms with van der Waals surface area (Å²) in [5.41, 5.74) is 1.21. The van der Waals surface area contributed by atoms with Gasteiger partial charge in [-0.15, -0.1) is 0 Å². The van der Waals surface area contributed by atoms with Crippen molar-refractivity contribution >= 4 is 0 Å². The van der Waals surface area contributed by atoms with Gasteiger partial charge in [0.2, 0.25) is 0 Å². The van der Waals surface area contributed by atoms with Crippen LogP contribution in [0.25, 0.3) is 0 Å². The van der Waals surface area contributed by atoms with Crippen LogP contribution in [0.2, 0.25) is 0 Å². The van der Waals surface area contributed by atoms with Gasteiger partial charge in [0, 0.05) is 13.0 Å². The Labute approximate surface area is 98.6 Å². The Kier molecular flexibility index (Phi) is 5.50. The lowest BCUT2D eigenvalue weighted by molar-refractivity contribution is -0.0361. The summed E-state index contributed by atoms with van der Waals surface area (Å²) < 4.78 is 11.1. The number of hydrogen-bond donors (Lipinski definition) is 0. The molecule has 1 aromatic rings. The molecule has 0 N–H and O–H groups in total. The Bertz CT molecular complexity index is 284. The minimum absolute atomic E-state index is 0.204. The monoisotopic (exact) mass is 222 g/mol. The number of hydrogen-bond acceptors (Lipinski definition) is 2. The highest BCUT2D eigenvalue weighted by molar-refractivity contribution is 5.13. The normalized spacial score (nSPS) is 16.8. The van der Waals surface area contributed by atoms with Crippen molar-refractivity contribution in [1.82, 2.24) is 0 Å². The standard InChI is InChI=1S/C14H22O2/c1-11(12(2)15-4)13(3)16-10-14-8-6-5-7-9-14/h5-9,11-13H,10H2,1-4H3. The quantitative estimate of drug-likeness (QED) is 0.735. The third-order valence-corrected chi connectivity index (χ3v) is 3.21. The minimum atomic E-state index is 0.204. The summed E-state index contributed by atoms with van der Waals surface area (Å²) in [6.07, 6.45) is 0.431. The first-order valence-electron chi connectivity index (χ1n) is 5.83. The fraction of sp³-hybridized carbons (Fsp3) is 0.571. The Balaban J connectivity index is 2.38. The van der Waals surface area contributed by atoms with E-state index in [0.29, 0.717) is 12.5 Å². The molecular formula is C14H22O2. The summed E-state index contributed by atoms with van der Waals surface area (Å²) in [5, 5.41) is 0. The molecule has 0 spiro atoms. The van der Waals surface area contributed by atoms with Crippen LogP contribution in [0.1, 0.15) is 26.3 Å². The highest BCUT2D eigenvalue weighted by Crippen LogP contribution is 2.15. The van der Waals surface area contributed by atoms with Gasteiger partial charge in [-0.05, 0) is 19.4 Å². The molecule has 0 aliphatic heterocycles. The molecule has 3 unspecified atom stereocenters. The smallest absolute Gasteiger partial charge is 0.0720 e. The van der Waals surface area contributed by atoms with Crippen molar-refractivity contribution in [3.05, 3.63) is 35.9 Å². The first kappa shape index (κ1) is 13.2. The third kappa shape index (κ3) is 3.95. The van der Waals surface area contributed by atoms with Crippen LogP contribution in [-0.2, 0) is 16.1 Å². The molecule has 0 aromatic heterocycles. The van der Waals surface area contributed by atoms with Gasteiger partial charge < -0.3 is 9.47 Å². The fourth-order valence-electron chi connectivity index (χ4n) is 1.55. The predicted molar refractivity (Wildman–Crippen MR) is 66.3 cm³/mol. The zero-order valence-corrected chi connectivity index (χ0v) is 10.6. The second-order valence-corrected chi connectivity index (χ2v) is 4.30. The summed E-state index contributed by atoms with van der Waals surface area (Å²) in [4.78, 5) is 0. The molecule has 2 nitrogen and oxygen atoms in total. The lowest BCUT2D eigenvalue weighted by Crippen LogP contribution is -2.28. The van der Waals surface area contributed by atoms with Gasteiger partial charge in [-0.3, -0.25) is 0 Å². The lowest BCUT2D eigenvalue weighted by Gasteiger charge is -2.25. The molecule has 0 heterocycles. The van der Waals surface area contributed by atoms with E-state index < -0.39 is 0 Å². The van der Waals surface area contributed by atoms with Crippen LogP contribution >= 0.6 is 0 Å². The maximum atomic E-state index is 5.83. The van der Waals surface area contributed by atoms with Crippen molar-refractivity contribution < 1.29 is 9.47 Å². The van der Waals surface area contributed by atoms with E-state index in [2.05, 4.69) is 32.9 Å². The summed E-state index contributed by atoms with van der Waals surface area (Å²) in [5.74, 6) is 0.397. The van der Waals surface area contributed by atoms with Crippen molar-refractivity contribution in [2.24, 2.45) is 5.92 Å². The van der Waals surface area contributed by atoms with Gasteiger partial charge >= 0.3 is 0 Å². The molecule has 2 heteroatoms. The zero-order chi connectivity index (χ0) is 12.0. The van der Waals surface area contributed by atoms with E-state index in [4.69, 9.17) is 9.47 Å². The molecule has 0 fully saturated rings. The molecule has 1 rings (SSSR count). The van der Waals surface area contributed by atoms with Crippen LogP contribution in [0, 0.1) is 5.92 Å². The molecule has 0 radical (unpaired) electrons. The SMILES string of the molecule is COC(C)C(C)C(C)OCc1ccccc1. The van der Waals surface area contributed by atoms with E-state index in [-0.39, 0.29) is 12.2 Å². The molecule has 0 bridgehead atoms. The second kappa shape index (κ2) is 6.66. The number of rotatable bonds is 6. The Hall–Kier alpha value is -0.860. The van der Waals surface area contributed by atoms with E-state index >= 15 is 0 Å². The van der Waals surface area contributed by atoms with Gasteiger partial charge in [-0.25, -0.2) is 0 Å². The van der Waals surface area contributed by atoms with Gasteiger partial charge in [-0.2, -0.15) is 0 Å². The van der Waals surface area contributed by atoms with Gasteiger partial charge in [0.15, 0.2) is 0 Å². The molecule has 0 amide bonds. The highest BCUT2D eigenvalue weighted by atomic mass is 16.5. The van der Waals surface area contributed by atoms with Crippen LogP contribution in [0.3, 0.4) is 0 Å². The Morgan fingerprint density at radius 1 is 1.00 bits per heavy atom. The number of benzene rings is 1. The second-order valence-electron chi connectivity index (χ2n) is 4.30. The molecule has 16 heavy (non-hydrogen) atoms. The first-order valence-corrected chi connectivity index (χ1v) is 5.83. The molecule has 90 valence electrons. The Morgan fingerprint density at radius 3 is 2.19 bits per heavy atom. The topological polar surface area (TPSA) is 18.5 Å². The first-order chi connectivity index (χ1) is 7.65. The van der Waals surface area contributed by atoms with Crippen LogP contribution in [0.4, 0.5) is 0 Å². The Morgan fingerprint density at radius 2 is 1.62 bits per heavy atom. The van der Waals surface area contributed by atoms with E-state index in [1.807, 2.05) is 18.2 Å². The van der Waals surface area contributed by atoms with Crippen molar-refractivity contribution in [3.63, 3.8) is 0 Å². The minimum Gasteiger partial charge on any atom is -0.381 e. The van der Waals surface area contributed by atoms with Crippen LogP contribution < -0.4 is 0 Å². The predicted octanol–water partition coefficient (Wildman–Crippen LogP) is 3.26. The molecule has 1 aromatic carbocycles. The molecule has 3 atom stereocenters. The van der Waals surface area contributed by atoms with Gasteiger partial charge in [0.05, 0.1) is 18.8 Å². The van der Waals surface area contributed by atoms with Crippen molar-refractivity contribution in [2.45, 2.75) is 39.6 Å². The summed E-state index contributed by atoms with van der Waals surface area (Å²) >= 11 is 0. The number of methoxy groups -OCH3 is 1. The van der Waals surface area contributed by atoms with Gasteiger partial charge in [-0.1, -0.05) is 37.3 Å². The average Bonchev–Trinajstić information content (AvgIpc) is 2.35. The fourth-order valence-corrected chi connectivity index (χ4v) is 1.55. The average molecular weight is 222 g/mol. The summed E-state index contributed by atoms with van der Waals surface area (Å²) in [7, 11) is 1.74. The van der Waals surface area contributed by atoms with Crippen LogP contribution in [0.5, 0.6) is 0 Å². The summed E-state index contributed by atoms with van der Waals surface area (Å²) in [6, 6.07) is 10.2. The van der Waals surface area contributed by atoms with Crippen LogP contribution in [-0.4, -0.2) is 19.3 Å². The van der Waals surface area contributed by atoms with Gasteiger partial charge in [0.1, 0.15) is 0 Å². The van der Waals surface area contributed by atoms with E-state index in [1.165, 1.54) is 5.56 Å². The van der Waals surface area contributed by atoms with E-state index in [1.54, 1.807) is 7.11 Å². The van der Waals surface area contributed by atoms with Crippen LogP contribution in [0.15, 0.2) is 30.3 Å². The van der Waals surface area contributed by atoms with E-state index in [9.17, 15) is 0 Å². The lowest BCUT2D eigenvalue weighted by atomic mass is 10.0. The number of ether oxygens (including phenoxy) is 2. The van der Waals surface area contributed by atoms with Crippen molar-refractivity contribution in [2.75, 3.05) is 7.11 Å². The van der Waals surface area contributed by atoms with Gasteiger partial charge in [0.25, 0.3) is 0 Å². The molecule has 0 aliphatic carbocycles. The maximum absolute atomic E-state index is 5.83. The summed E-state index contributed by atoms with van der Waals surface area (Å²) in [6.45, 7) is 7.00. The largest absolute Gasteiger partial charge is 0.381 e. The zero-order valence-electron chi connectivity index (χ0n) is 10.6. The van der Waals surface area contributed by atoms with Crippen molar-refractivity contribution in [1.29, 1.82) is 0 Å². The molecule has 0 saturated heterocycles. The molecule has 0 aliphatic rings. The third-order valence-electron chi connectivity index (χ3n) is 3.21. The highest BCUT2D eigenvalue weighted by Gasteiger charge is 2.19. The molecule has 0 saturated carbocycles. The van der Waals surface area contributed by atoms with Crippen molar-refractivity contribution in [3.8, 4) is 0 Å². The maximum Gasteiger partial charge on any atom is 0.0720 e. The van der Waals surface area contributed by atoms with E-state index in [0.717, 1.165) is 0 Å².